The van der Waals surface area contributed by atoms with Gasteiger partial charge >= 0.3 is 12.2 Å². The van der Waals surface area contributed by atoms with Crippen molar-refractivity contribution in [3.8, 4) is 0 Å². The second kappa shape index (κ2) is 7.12. The number of anilines is 1. The normalized spacial score (nSPS) is 17.8. The van der Waals surface area contributed by atoms with Gasteiger partial charge in [-0.15, -0.1) is 0 Å². The number of aromatic nitrogens is 1. The first-order valence-corrected chi connectivity index (χ1v) is 8.57. The highest BCUT2D eigenvalue weighted by Gasteiger charge is 2.34. The summed E-state index contributed by atoms with van der Waals surface area (Å²) in [6, 6.07) is 0. The summed E-state index contributed by atoms with van der Waals surface area (Å²) in [6.07, 6.45) is -1.33. The fraction of sp³-hybridized carbons (Fsp3) is 0.643. The monoisotopic (exact) mass is 376 g/mol. The van der Waals surface area contributed by atoms with E-state index in [1.54, 1.807) is 27.8 Å². The lowest BCUT2D eigenvalue weighted by Gasteiger charge is -2.24. The molecule has 0 radical (unpaired) electrons. The van der Waals surface area contributed by atoms with Crippen LogP contribution in [0.25, 0.3) is 0 Å². The quantitative estimate of drug-likeness (QED) is 0.866. The van der Waals surface area contributed by atoms with Gasteiger partial charge in [-0.25, -0.2) is 19.5 Å². The average molecular weight is 377 g/mol. The van der Waals surface area contributed by atoms with Gasteiger partial charge in [0.2, 0.25) is 0 Å². The maximum absolute atomic E-state index is 12.0. The first-order chi connectivity index (χ1) is 11.1. The average Bonchev–Trinajstić information content (AvgIpc) is 3.00. The summed E-state index contributed by atoms with van der Waals surface area (Å²) in [5.41, 5.74) is 5.43. The maximum Gasteiger partial charge on any atom is 0.416 e. The van der Waals surface area contributed by atoms with Crippen molar-refractivity contribution < 1.29 is 19.1 Å². The lowest BCUT2D eigenvalue weighted by atomic mass is 10.2. The molecule has 1 aliphatic heterocycles. The van der Waals surface area contributed by atoms with E-state index < -0.39 is 17.8 Å². The van der Waals surface area contributed by atoms with Gasteiger partial charge in [-0.05, 0) is 20.8 Å². The molecule has 2 N–H and O–H groups in total. The van der Waals surface area contributed by atoms with Gasteiger partial charge in [-0.3, -0.25) is 0 Å². The van der Waals surface area contributed by atoms with E-state index in [4.69, 9.17) is 26.8 Å². The molecule has 1 aromatic rings. The van der Waals surface area contributed by atoms with Crippen LogP contribution in [0.5, 0.6) is 0 Å². The molecular formula is C14H21ClN4O4S. The number of nitrogens with two attached hydrogens (primary N) is 1. The smallest absolute Gasteiger partial charge is 0.416 e. The summed E-state index contributed by atoms with van der Waals surface area (Å²) in [7, 11) is 1.60. The van der Waals surface area contributed by atoms with Gasteiger partial charge in [0, 0.05) is 13.6 Å². The Morgan fingerprint density at radius 3 is 2.79 bits per heavy atom. The zero-order valence-corrected chi connectivity index (χ0v) is 15.6. The van der Waals surface area contributed by atoms with Crippen LogP contribution in [0.4, 0.5) is 14.7 Å². The molecule has 2 heterocycles. The Balaban J connectivity index is 2.06. The SMILES string of the molecule is CN(Cc1nc(N2C[C@H](CN)OC2=O)sc1Cl)C(=O)OC(C)(C)C. The summed E-state index contributed by atoms with van der Waals surface area (Å²) >= 11 is 7.35. The number of amides is 2. The van der Waals surface area contributed by atoms with Crippen LogP contribution in [0.2, 0.25) is 4.34 Å². The van der Waals surface area contributed by atoms with Gasteiger partial charge in [0.05, 0.1) is 18.8 Å². The zero-order valence-electron chi connectivity index (χ0n) is 14.0. The molecule has 1 aliphatic rings. The lowest BCUT2D eigenvalue weighted by molar-refractivity contribution is 0.0283. The first-order valence-electron chi connectivity index (χ1n) is 7.38. The number of rotatable bonds is 4. The zero-order chi connectivity index (χ0) is 18.1. The van der Waals surface area contributed by atoms with Crippen molar-refractivity contribution in [1.29, 1.82) is 0 Å². The van der Waals surface area contributed by atoms with Crippen LogP contribution in [0.1, 0.15) is 26.5 Å². The Bertz CT molecular complexity index is 631. The Morgan fingerprint density at radius 2 is 2.25 bits per heavy atom. The summed E-state index contributed by atoms with van der Waals surface area (Å²) < 4.78 is 10.8. The van der Waals surface area contributed by atoms with Crippen molar-refractivity contribution in [2.45, 2.75) is 39.0 Å². The number of cyclic esters (lactones) is 1. The van der Waals surface area contributed by atoms with Crippen LogP contribution < -0.4 is 10.6 Å². The van der Waals surface area contributed by atoms with Crippen molar-refractivity contribution in [1.82, 2.24) is 9.88 Å². The largest absolute Gasteiger partial charge is 0.444 e. The van der Waals surface area contributed by atoms with Crippen LogP contribution in [-0.4, -0.2) is 53.9 Å². The van der Waals surface area contributed by atoms with Gasteiger partial charge in [0.25, 0.3) is 0 Å². The van der Waals surface area contributed by atoms with Gasteiger partial charge in [0.1, 0.15) is 16.0 Å². The molecule has 0 spiro atoms. The minimum absolute atomic E-state index is 0.174. The third kappa shape index (κ3) is 4.49. The van der Waals surface area contributed by atoms with Crippen molar-refractivity contribution in [2.24, 2.45) is 5.73 Å². The number of nitrogens with zero attached hydrogens (tertiary/aromatic N) is 3. The third-order valence-corrected chi connectivity index (χ3v) is 4.46. The van der Waals surface area contributed by atoms with Crippen molar-refractivity contribution in [3.63, 3.8) is 0 Å². The molecule has 2 rings (SSSR count). The van der Waals surface area contributed by atoms with Crippen LogP contribution in [0.15, 0.2) is 0 Å². The molecule has 1 fully saturated rings. The summed E-state index contributed by atoms with van der Waals surface area (Å²) in [5, 5.41) is 0.425. The number of thiazole rings is 1. The predicted octanol–water partition coefficient (Wildman–Crippen LogP) is 2.45. The van der Waals surface area contributed by atoms with Crippen LogP contribution in [-0.2, 0) is 16.0 Å². The van der Waals surface area contributed by atoms with E-state index in [1.165, 1.54) is 9.80 Å². The van der Waals surface area contributed by atoms with Gasteiger partial charge in [-0.2, -0.15) is 0 Å². The summed E-state index contributed by atoms with van der Waals surface area (Å²) in [5.74, 6) is 0. The molecule has 1 saturated heterocycles. The van der Waals surface area contributed by atoms with E-state index >= 15 is 0 Å². The van der Waals surface area contributed by atoms with Gasteiger partial charge in [0.15, 0.2) is 5.13 Å². The molecule has 1 atom stereocenters. The maximum atomic E-state index is 12.0. The predicted molar refractivity (Wildman–Crippen MR) is 91.5 cm³/mol. The molecule has 1 aromatic heterocycles. The van der Waals surface area contributed by atoms with E-state index in [2.05, 4.69) is 4.98 Å². The highest BCUT2D eigenvalue weighted by atomic mass is 35.5. The van der Waals surface area contributed by atoms with E-state index in [0.29, 0.717) is 21.7 Å². The Kier molecular flexibility index (Phi) is 5.56. The van der Waals surface area contributed by atoms with Gasteiger partial charge in [-0.1, -0.05) is 22.9 Å². The molecular weight excluding hydrogens is 356 g/mol. The molecule has 0 bridgehead atoms. The molecule has 2 amide bonds. The second-order valence-electron chi connectivity index (χ2n) is 6.41. The van der Waals surface area contributed by atoms with Crippen LogP contribution in [0.3, 0.4) is 0 Å². The number of ether oxygens (including phenoxy) is 2. The van der Waals surface area contributed by atoms with E-state index in [-0.39, 0.29) is 19.2 Å². The molecule has 0 saturated carbocycles. The topological polar surface area (TPSA) is 98.0 Å². The highest BCUT2D eigenvalue weighted by molar-refractivity contribution is 7.19. The van der Waals surface area contributed by atoms with Crippen LogP contribution >= 0.6 is 22.9 Å². The number of carbonyl (C=O) groups is 2. The molecule has 10 heteroatoms. The molecule has 0 unspecified atom stereocenters. The summed E-state index contributed by atoms with van der Waals surface area (Å²) in [6.45, 7) is 6.13. The number of carbonyl (C=O) groups excluding carboxylic acids is 2. The van der Waals surface area contributed by atoms with Crippen molar-refractivity contribution in [2.75, 3.05) is 25.0 Å². The minimum Gasteiger partial charge on any atom is -0.444 e. The fourth-order valence-corrected chi connectivity index (χ4v) is 3.08. The Hall–Kier alpha value is -1.58. The second-order valence-corrected chi connectivity index (χ2v) is 7.98. The van der Waals surface area contributed by atoms with Crippen molar-refractivity contribution >= 4 is 40.3 Å². The molecule has 134 valence electrons. The number of hydrogen-bond donors (Lipinski definition) is 1. The standard InChI is InChI=1S/C14H21ClN4O4S/c1-14(2,3)23-12(20)18(4)7-9-10(15)24-11(17-9)19-6-8(5-16)22-13(19)21/h8H,5-7,16H2,1-4H3/t8-/m0/s1. The van der Waals surface area contributed by atoms with E-state index in [9.17, 15) is 9.59 Å². The fourth-order valence-electron chi connectivity index (χ4n) is 1.96. The van der Waals surface area contributed by atoms with E-state index in [0.717, 1.165) is 11.3 Å². The molecule has 0 aromatic carbocycles. The number of hydrogen-bond acceptors (Lipinski definition) is 7. The molecule has 0 aliphatic carbocycles. The Morgan fingerprint density at radius 1 is 1.58 bits per heavy atom. The van der Waals surface area contributed by atoms with Crippen LogP contribution in [0, 0.1) is 0 Å². The first kappa shape index (κ1) is 18.8. The third-order valence-electron chi connectivity index (χ3n) is 3.10. The molecule has 24 heavy (non-hydrogen) atoms. The lowest BCUT2D eigenvalue weighted by Crippen LogP contribution is -2.34. The van der Waals surface area contributed by atoms with Gasteiger partial charge < -0.3 is 20.1 Å². The minimum atomic E-state index is -0.584. The summed E-state index contributed by atoms with van der Waals surface area (Å²) in [4.78, 5) is 31.0. The Labute approximate surface area is 149 Å². The van der Waals surface area contributed by atoms with Crippen molar-refractivity contribution in [3.05, 3.63) is 10.0 Å². The molecule has 8 nitrogen and oxygen atoms in total. The van der Waals surface area contributed by atoms with E-state index in [1.807, 2.05) is 0 Å². The number of halogens is 1. The highest BCUT2D eigenvalue weighted by Crippen LogP contribution is 2.33.